The molecule has 4 heteroatoms. The average molecular weight is 296 g/mol. The van der Waals surface area contributed by atoms with Crippen molar-refractivity contribution in [3.8, 4) is 5.75 Å². The molecule has 1 N–H and O–H groups in total. The molecule has 0 aromatic heterocycles. The van der Waals surface area contributed by atoms with Gasteiger partial charge in [-0.3, -0.25) is 4.90 Å². The summed E-state index contributed by atoms with van der Waals surface area (Å²) in [4.78, 5) is 2.42. The maximum atomic E-state index is 14.0. The predicted octanol–water partition coefficient (Wildman–Crippen LogP) is 3.60. The summed E-state index contributed by atoms with van der Waals surface area (Å²) >= 11 is 0. The number of ether oxygens (including phenoxy) is 1. The van der Waals surface area contributed by atoms with E-state index in [4.69, 9.17) is 4.74 Å². The lowest BCUT2D eigenvalue weighted by Gasteiger charge is -2.31. The van der Waals surface area contributed by atoms with Gasteiger partial charge in [0.1, 0.15) is 11.6 Å². The fraction of sp³-hybridized carbons (Fsp3) is 0.647. The number of nitrogens with zero attached hydrogens (tertiary/aromatic N) is 1. The summed E-state index contributed by atoms with van der Waals surface area (Å²) in [5, 5.41) is 3.39. The Hall–Kier alpha value is -1.13. The molecule has 1 atom stereocenters. The lowest BCUT2D eigenvalue weighted by Crippen LogP contribution is -2.41. The summed E-state index contributed by atoms with van der Waals surface area (Å²) in [6, 6.07) is 6.03. The molecule has 0 aliphatic rings. The maximum Gasteiger partial charge on any atom is 0.131 e. The first-order valence-electron chi connectivity index (χ1n) is 7.69. The zero-order valence-electron chi connectivity index (χ0n) is 14.1. The molecule has 1 rings (SSSR count). The van der Waals surface area contributed by atoms with Crippen LogP contribution in [0.4, 0.5) is 4.39 Å². The van der Waals surface area contributed by atoms with Gasteiger partial charge in [-0.15, -0.1) is 0 Å². The number of benzene rings is 1. The molecular weight excluding hydrogens is 267 g/mol. The first-order chi connectivity index (χ1) is 9.86. The maximum absolute atomic E-state index is 14.0. The Morgan fingerprint density at radius 1 is 1.14 bits per heavy atom. The van der Waals surface area contributed by atoms with Gasteiger partial charge in [0.25, 0.3) is 0 Å². The van der Waals surface area contributed by atoms with Gasteiger partial charge in [0, 0.05) is 42.8 Å². The lowest BCUT2D eigenvalue weighted by molar-refractivity contribution is 0.174. The molecule has 3 nitrogen and oxygen atoms in total. The molecule has 0 bridgehead atoms. The number of hydrogen-bond donors (Lipinski definition) is 1. The zero-order chi connectivity index (χ0) is 16.0. The summed E-state index contributed by atoms with van der Waals surface area (Å²) in [7, 11) is 1.54. The Morgan fingerprint density at radius 3 is 2.24 bits per heavy atom. The monoisotopic (exact) mass is 296 g/mol. The van der Waals surface area contributed by atoms with Crippen LogP contribution in [-0.4, -0.2) is 37.2 Å². The number of nitrogens with one attached hydrogen (secondary N) is 1. The van der Waals surface area contributed by atoms with Crippen molar-refractivity contribution in [2.75, 3.05) is 20.2 Å². The Bertz CT molecular complexity index is 427. The van der Waals surface area contributed by atoms with Crippen molar-refractivity contribution in [3.05, 3.63) is 29.6 Å². The minimum Gasteiger partial charge on any atom is -0.497 e. The fourth-order valence-electron chi connectivity index (χ4n) is 2.62. The molecule has 21 heavy (non-hydrogen) atoms. The fourth-order valence-corrected chi connectivity index (χ4v) is 2.62. The minimum atomic E-state index is -0.223. The quantitative estimate of drug-likeness (QED) is 0.793. The lowest BCUT2D eigenvalue weighted by atomic mass is 10.1. The number of hydrogen-bond acceptors (Lipinski definition) is 3. The standard InChI is InChI=1S/C17H29FN2O/c1-12(2)20(13(3)4)10-9-19-14(5)16-8-7-15(21-6)11-17(16)18/h7-8,11-14,19H,9-10H2,1-6H3. The van der Waals surface area contributed by atoms with E-state index in [0.29, 0.717) is 23.4 Å². The Kier molecular flexibility index (Phi) is 7.12. The van der Waals surface area contributed by atoms with Gasteiger partial charge in [-0.2, -0.15) is 0 Å². The van der Waals surface area contributed by atoms with Gasteiger partial charge >= 0.3 is 0 Å². The van der Waals surface area contributed by atoms with Gasteiger partial charge in [0.05, 0.1) is 7.11 Å². The van der Waals surface area contributed by atoms with Crippen LogP contribution in [0.1, 0.15) is 46.2 Å². The molecule has 0 fully saturated rings. The highest BCUT2D eigenvalue weighted by molar-refractivity contribution is 5.30. The molecule has 1 aromatic rings. The molecule has 0 heterocycles. The highest BCUT2D eigenvalue weighted by Crippen LogP contribution is 2.21. The third-order valence-electron chi connectivity index (χ3n) is 3.82. The first-order valence-corrected chi connectivity index (χ1v) is 7.69. The largest absolute Gasteiger partial charge is 0.497 e. The average Bonchev–Trinajstić information content (AvgIpc) is 2.42. The molecule has 1 unspecified atom stereocenters. The van der Waals surface area contributed by atoms with E-state index in [-0.39, 0.29) is 11.9 Å². The Balaban J connectivity index is 2.56. The van der Waals surface area contributed by atoms with Crippen molar-refractivity contribution >= 4 is 0 Å². The smallest absolute Gasteiger partial charge is 0.131 e. The second-order valence-corrected chi connectivity index (χ2v) is 5.99. The van der Waals surface area contributed by atoms with E-state index in [0.717, 1.165) is 13.1 Å². The van der Waals surface area contributed by atoms with Gasteiger partial charge in [0.15, 0.2) is 0 Å². The molecule has 1 aromatic carbocycles. The number of halogens is 1. The van der Waals surface area contributed by atoms with Gasteiger partial charge in [-0.25, -0.2) is 4.39 Å². The highest BCUT2D eigenvalue weighted by Gasteiger charge is 2.15. The van der Waals surface area contributed by atoms with Crippen LogP contribution in [0.25, 0.3) is 0 Å². The molecule has 0 aliphatic carbocycles. The Labute approximate surface area is 128 Å². The van der Waals surface area contributed by atoms with Crippen molar-refractivity contribution in [2.45, 2.75) is 52.7 Å². The third-order valence-corrected chi connectivity index (χ3v) is 3.82. The summed E-state index contributed by atoms with van der Waals surface area (Å²) < 4.78 is 19.0. The topological polar surface area (TPSA) is 24.5 Å². The van der Waals surface area contributed by atoms with Crippen LogP contribution >= 0.6 is 0 Å². The van der Waals surface area contributed by atoms with Crippen LogP contribution in [0, 0.1) is 5.82 Å². The van der Waals surface area contributed by atoms with Gasteiger partial charge in [-0.1, -0.05) is 6.07 Å². The molecule has 0 saturated heterocycles. The molecule has 0 amide bonds. The van der Waals surface area contributed by atoms with Crippen molar-refractivity contribution in [3.63, 3.8) is 0 Å². The SMILES string of the molecule is COc1ccc(C(C)NCCN(C(C)C)C(C)C)c(F)c1. The van der Waals surface area contributed by atoms with Crippen LogP contribution in [-0.2, 0) is 0 Å². The number of rotatable bonds is 8. The summed E-state index contributed by atoms with van der Waals surface area (Å²) in [6.07, 6.45) is 0. The normalized spacial score (nSPS) is 13.2. The third kappa shape index (κ3) is 5.29. The summed E-state index contributed by atoms with van der Waals surface area (Å²) in [5.74, 6) is 0.327. The van der Waals surface area contributed by atoms with E-state index in [1.807, 2.05) is 6.92 Å². The van der Waals surface area contributed by atoms with E-state index >= 15 is 0 Å². The van der Waals surface area contributed by atoms with E-state index in [9.17, 15) is 4.39 Å². The van der Waals surface area contributed by atoms with Crippen molar-refractivity contribution in [1.29, 1.82) is 0 Å². The molecule has 0 aliphatic heterocycles. The van der Waals surface area contributed by atoms with Crippen LogP contribution in [0.2, 0.25) is 0 Å². The van der Waals surface area contributed by atoms with E-state index < -0.39 is 0 Å². The van der Waals surface area contributed by atoms with Crippen LogP contribution < -0.4 is 10.1 Å². The molecule has 0 spiro atoms. The number of methoxy groups -OCH3 is 1. The van der Waals surface area contributed by atoms with Crippen molar-refractivity contribution in [2.24, 2.45) is 0 Å². The van der Waals surface area contributed by atoms with Gasteiger partial charge in [-0.05, 0) is 40.7 Å². The van der Waals surface area contributed by atoms with Crippen LogP contribution in [0.5, 0.6) is 5.75 Å². The first kappa shape index (κ1) is 17.9. The second kappa shape index (κ2) is 8.35. The molecular formula is C17H29FN2O. The summed E-state index contributed by atoms with van der Waals surface area (Å²) in [5.41, 5.74) is 0.677. The van der Waals surface area contributed by atoms with Crippen LogP contribution in [0.3, 0.4) is 0 Å². The minimum absolute atomic E-state index is 0.0166. The van der Waals surface area contributed by atoms with Crippen molar-refractivity contribution < 1.29 is 9.13 Å². The predicted molar refractivity (Wildman–Crippen MR) is 86.3 cm³/mol. The van der Waals surface area contributed by atoms with Crippen molar-refractivity contribution in [1.82, 2.24) is 10.2 Å². The second-order valence-electron chi connectivity index (χ2n) is 5.99. The molecule has 0 radical (unpaired) electrons. The van der Waals surface area contributed by atoms with E-state index in [1.54, 1.807) is 19.2 Å². The Morgan fingerprint density at radius 2 is 1.76 bits per heavy atom. The molecule has 0 saturated carbocycles. The van der Waals surface area contributed by atoms with E-state index in [1.165, 1.54) is 6.07 Å². The van der Waals surface area contributed by atoms with Gasteiger partial charge < -0.3 is 10.1 Å². The van der Waals surface area contributed by atoms with E-state index in [2.05, 4.69) is 37.9 Å². The zero-order valence-corrected chi connectivity index (χ0v) is 14.1. The summed E-state index contributed by atoms with van der Waals surface area (Å²) in [6.45, 7) is 12.6. The highest BCUT2D eigenvalue weighted by atomic mass is 19.1. The molecule has 120 valence electrons. The van der Waals surface area contributed by atoms with Crippen LogP contribution in [0.15, 0.2) is 18.2 Å². The van der Waals surface area contributed by atoms with Gasteiger partial charge in [0.2, 0.25) is 0 Å².